The second kappa shape index (κ2) is 4.69. The van der Waals surface area contributed by atoms with Gasteiger partial charge in [0.25, 0.3) is 0 Å². The highest BCUT2D eigenvalue weighted by Crippen LogP contribution is 2.45. The first-order chi connectivity index (χ1) is 9.14. The molecule has 1 aliphatic carbocycles. The highest BCUT2D eigenvalue weighted by Gasteiger charge is 2.40. The largest absolute Gasteiger partial charge is 0.454 e. The number of nitrogens with zero attached hydrogens (tertiary/aromatic N) is 1. The number of hydrogen-bond donors (Lipinski definition) is 1. The normalized spacial score (nSPS) is 29.2. The number of fused-ring (bicyclic) bond motifs is 1. The molecule has 0 spiro atoms. The van der Waals surface area contributed by atoms with Crippen molar-refractivity contribution in [3.05, 3.63) is 23.8 Å². The SMILES string of the molecule is CN(C)C1(CN)CCC(c2ccc3c(c2)OCO3)C1. The summed E-state index contributed by atoms with van der Waals surface area (Å²) in [4.78, 5) is 2.29. The zero-order chi connectivity index (χ0) is 13.5. The minimum absolute atomic E-state index is 0.154. The molecule has 1 aliphatic heterocycles. The van der Waals surface area contributed by atoms with Gasteiger partial charge in [-0.25, -0.2) is 0 Å². The predicted octanol–water partition coefficient (Wildman–Crippen LogP) is 1.94. The summed E-state index contributed by atoms with van der Waals surface area (Å²) < 4.78 is 10.8. The van der Waals surface area contributed by atoms with Crippen molar-refractivity contribution in [1.29, 1.82) is 0 Å². The van der Waals surface area contributed by atoms with Crippen molar-refractivity contribution in [2.24, 2.45) is 5.73 Å². The molecule has 4 heteroatoms. The third kappa shape index (κ3) is 2.09. The third-order valence-electron chi connectivity index (χ3n) is 4.78. The summed E-state index contributed by atoms with van der Waals surface area (Å²) in [6.45, 7) is 1.06. The fourth-order valence-electron chi connectivity index (χ4n) is 3.33. The Bertz CT molecular complexity index is 475. The Labute approximate surface area is 114 Å². The predicted molar refractivity (Wildman–Crippen MR) is 74.6 cm³/mol. The first-order valence-electron chi connectivity index (χ1n) is 6.92. The lowest BCUT2D eigenvalue weighted by Gasteiger charge is -2.35. The van der Waals surface area contributed by atoms with Crippen LogP contribution in [0, 0.1) is 0 Å². The number of hydrogen-bond acceptors (Lipinski definition) is 4. The summed E-state index contributed by atoms with van der Waals surface area (Å²) in [6.07, 6.45) is 3.47. The standard InChI is InChI=1S/C15H22N2O2/c1-17(2)15(9-16)6-5-12(8-15)11-3-4-13-14(7-11)19-10-18-13/h3-4,7,12H,5-6,8-10,16H2,1-2H3. The molecule has 1 heterocycles. The van der Waals surface area contributed by atoms with Gasteiger partial charge in [0.15, 0.2) is 11.5 Å². The lowest BCUT2D eigenvalue weighted by atomic mass is 9.91. The lowest BCUT2D eigenvalue weighted by molar-refractivity contribution is 0.165. The van der Waals surface area contributed by atoms with Crippen LogP contribution in [0.5, 0.6) is 11.5 Å². The minimum Gasteiger partial charge on any atom is -0.454 e. The molecule has 2 unspecified atom stereocenters. The zero-order valence-electron chi connectivity index (χ0n) is 11.7. The average molecular weight is 262 g/mol. The van der Waals surface area contributed by atoms with E-state index in [-0.39, 0.29) is 5.54 Å². The topological polar surface area (TPSA) is 47.7 Å². The van der Waals surface area contributed by atoms with E-state index < -0.39 is 0 Å². The summed E-state index contributed by atoms with van der Waals surface area (Å²) in [5.74, 6) is 2.31. The van der Waals surface area contributed by atoms with E-state index in [1.54, 1.807) is 0 Å². The van der Waals surface area contributed by atoms with Crippen LogP contribution in [-0.2, 0) is 0 Å². The Kier molecular flexibility index (Phi) is 3.15. The third-order valence-corrected chi connectivity index (χ3v) is 4.78. The molecule has 2 aliphatic rings. The molecule has 0 saturated heterocycles. The fraction of sp³-hybridized carbons (Fsp3) is 0.600. The lowest BCUT2D eigenvalue weighted by Crippen LogP contribution is -2.48. The number of benzene rings is 1. The maximum absolute atomic E-state index is 6.01. The Balaban J connectivity index is 1.81. The van der Waals surface area contributed by atoms with E-state index in [1.165, 1.54) is 12.0 Å². The van der Waals surface area contributed by atoms with Gasteiger partial charge in [0, 0.05) is 12.1 Å². The molecule has 0 radical (unpaired) electrons. The summed E-state index contributed by atoms with van der Waals surface area (Å²) in [5, 5.41) is 0. The Hall–Kier alpha value is -1.26. The van der Waals surface area contributed by atoms with E-state index in [1.807, 2.05) is 6.07 Å². The van der Waals surface area contributed by atoms with Gasteiger partial charge < -0.3 is 20.1 Å². The number of ether oxygens (including phenoxy) is 2. The van der Waals surface area contributed by atoms with E-state index in [4.69, 9.17) is 15.2 Å². The van der Waals surface area contributed by atoms with Crippen molar-refractivity contribution >= 4 is 0 Å². The van der Waals surface area contributed by atoms with Gasteiger partial charge in [0.1, 0.15) is 0 Å². The average Bonchev–Trinajstić information content (AvgIpc) is 3.05. The summed E-state index contributed by atoms with van der Waals surface area (Å²) in [7, 11) is 4.27. The van der Waals surface area contributed by atoms with E-state index in [9.17, 15) is 0 Å². The van der Waals surface area contributed by atoms with Gasteiger partial charge in [-0.2, -0.15) is 0 Å². The second-order valence-corrected chi connectivity index (χ2v) is 5.88. The molecular weight excluding hydrogens is 240 g/mol. The number of rotatable bonds is 3. The summed E-state index contributed by atoms with van der Waals surface area (Å²) in [5.41, 5.74) is 7.52. The molecule has 1 fully saturated rings. The van der Waals surface area contributed by atoms with Crippen LogP contribution < -0.4 is 15.2 Å². The maximum Gasteiger partial charge on any atom is 0.231 e. The first kappa shape index (κ1) is 12.8. The first-order valence-corrected chi connectivity index (χ1v) is 6.92. The van der Waals surface area contributed by atoms with Gasteiger partial charge in [0.05, 0.1) is 0 Å². The number of nitrogens with two attached hydrogens (primary N) is 1. The zero-order valence-corrected chi connectivity index (χ0v) is 11.7. The van der Waals surface area contributed by atoms with Crippen LogP contribution in [0.4, 0.5) is 0 Å². The van der Waals surface area contributed by atoms with Crippen molar-refractivity contribution < 1.29 is 9.47 Å². The van der Waals surface area contributed by atoms with E-state index >= 15 is 0 Å². The molecule has 0 amide bonds. The van der Waals surface area contributed by atoms with Crippen LogP contribution >= 0.6 is 0 Å². The van der Waals surface area contributed by atoms with Crippen molar-refractivity contribution in [3.63, 3.8) is 0 Å². The molecule has 19 heavy (non-hydrogen) atoms. The highest BCUT2D eigenvalue weighted by molar-refractivity contribution is 5.45. The molecule has 2 N–H and O–H groups in total. The van der Waals surface area contributed by atoms with Gasteiger partial charge in [-0.1, -0.05) is 6.07 Å². The van der Waals surface area contributed by atoms with Crippen molar-refractivity contribution in [1.82, 2.24) is 4.90 Å². The molecule has 4 nitrogen and oxygen atoms in total. The minimum atomic E-state index is 0.154. The fourth-order valence-corrected chi connectivity index (χ4v) is 3.33. The molecule has 1 aromatic rings. The van der Waals surface area contributed by atoms with Crippen molar-refractivity contribution in [2.45, 2.75) is 30.7 Å². The van der Waals surface area contributed by atoms with Crippen molar-refractivity contribution in [2.75, 3.05) is 27.4 Å². The molecule has 104 valence electrons. The van der Waals surface area contributed by atoms with E-state index in [0.717, 1.165) is 30.9 Å². The van der Waals surface area contributed by atoms with Crippen LogP contribution in [-0.4, -0.2) is 37.9 Å². The maximum atomic E-state index is 6.01. The Morgan fingerprint density at radius 3 is 2.79 bits per heavy atom. The summed E-state index contributed by atoms with van der Waals surface area (Å²) in [6, 6.07) is 6.32. The van der Waals surface area contributed by atoms with Gasteiger partial charge >= 0.3 is 0 Å². The monoisotopic (exact) mass is 262 g/mol. The van der Waals surface area contributed by atoms with Gasteiger partial charge in [-0.15, -0.1) is 0 Å². The van der Waals surface area contributed by atoms with Crippen LogP contribution in [0.15, 0.2) is 18.2 Å². The molecule has 2 atom stereocenters. The van der Waals surface area contributed by atoms with E-state index in [2.05, 4.69) is 31.1 Å². The van der Waals surface area contributed by atoms with Crippen LogP contribution in [0.2, 0.25) is 0 Å². The van der Waals surface area contributed by atoms with Crippen LogP contribution in [0.1, 0.15) is 30.7 Å². The molecule has 3 rings (SSSR count). The van der Waals surface area contributed by atoms with Crippen LogP contribution in [0.25, 0.3) is 0 Å². The molecule has 1 aromatic carbocycles. The van der Waals surface area contributed by atoms with Gasteiger partial charge in [-0.05, 0) is 57.0 Å². The summed E-state index contributed by atoms with van der Waals surface area (Å²) >= 11 is 0. The Morgan fingerprint density at radius 2 is 2.11 bits per heavy atom. The Morgan fingerprint density at radius 1 is 1.32 bits per heavy atom. The second-order valence-electron chi connectivity index (χ2n) is 5.88. The van der Waals surface area contributed by atoms with Gasteiger partial charge in [-0.3, -0.25) is 0 Å². The molecule has 1 saturated carbocycles. The molecule has 0 aromatic heterocycles. The quantitative estimate of drug-likeness (QED) is 0.904. The van der Waals surface area contributed by atoms with Gasteiger partial charge in [0.2, 0.25) is 6.79 Å². The molecular formula is C15H22N2O2. The van der Waals surface area contributed by atoms with Crippen LogP contribution in [0.3, 0.4) is 0 Å². The highest BCUT2D eigenvalue weighted by atomic mass is 16.7. The van der Waals surface area contributed by atoms with Crippen molar-refractivity contribution in [3.8, 4) is 11.5 Å². The smallest absolute Gasteiger partial charge is 0.231 e. The molecule has 0 bridgehead atoms. The van der Waals surface area contributed by atoms with E-state index in [0.29, 0.717) is 12.7 Å². The number of likely N-dealkylation sites (N-methyl/N-ethyl adjacent to an activating group) is 1.